The minimum absolute atomic E-state index is 0.0943. The van der Waals surface area contributed by atoms with Gasteiger partial charge in [0.2, 0.25) is 0 Å². The molecule has 0 unspecified atom stereocenters. The number of para-hydroxylation sites is 4. The van der Waals surface area contributed by atoms with Gasteiger partial charge in [0.05, 0.1) is 22.2 Å². The van der Waals surface area contributed by atoms with E-state index in [1.165, 1.54) is 24.4 Å². The summed E-state index contributed by atoms with van der Waals surface area (Å²) < 4.78 is 0. The molecule has 0 saturated heterocycles. The lowest BCUT2D eigenvalue weighted by Gasteiger charge is -2.05. The van der Waals surface area contributed by atoms with E-state index in [1.807, 2.05) is 6.07 Å². The van der Waals surface area contributed by atoms with Crippen LogP contribution < -0.4 is 5.32 Å². The number of fused-ring (bicyclic) bond motifs is 1. The molecule has 2 aromatic carbocycles. The molecule has 1 amide bonds. The zero-order valence-corrected chi connectivity index (χ0v) is 11.3. The minimum atomic E-state index is -0.554. The summed E-state index contributed by atoms with van der Waals surface area (Å²) in [5.74, 6) is -0.549. The van der Waals surface area contributed by atoms with Crippen molar-refractivity contribution >= 4 is 28.3 Å². The summed E-state index contributed by atoms with van der Waals surface area (Å²) in [6.07, 6.45) is 1.34. The van der Waals surface area contributed by atoms with Gasteiger partial charge in [0.15, 0.2) is 0 Å². The highest BCUT2D eigenvalue weighted by Crippen LogP contribution is 2.23. The standard InChI is InChI=1S/C15H10N4O3/c20-15(18-12-7-3-4-8-14(12)19(21)22)13-9-16-10-5-1-2-6-11(10)17-13/h1-9H,(H,18,20). The fraction of sp³-hybridized carbons (Fsp3) is 0. The maximum absolute atomic E-state index is 12.2. The van der Waals surface area contributed by atoms with Gasteiger partial charge in [0.25, 0.3) is 11.6 Å². The van der Waals surface area contributed by atoms with E-state index in [0.29, 0.717) is 11.0 Å². The molecule has 0 bridgehead atoms. The Bertz CT molecular complexity index is 879. The van der Waals surface area contributed by atoms with Gasteiger partial charge in [-0.3, -0.25) is 19.9 Å². The van der Waals surface area contributed by atoms with E-state index >= 15 is 0 Å². The molecule has 0 aliphatic carbocycles. The zero-order chi connectivity index (χ0) is 15.5. The minimum Gasteiger partial charge on any atom is -0.315 e. The van der Waals surface area contributed by atoms with Gasteiger partial charge >= 0.3 is 0 Å². The number of amides is 1. The number of hydrogen-bond acceptors (Lipinski definition) is 5. The van der Waals surface area contributed by atoms with E-state index in [9.17, 15) is 14.9 Å². The highest BCUT2D eigenvalue weighted by atomic mass is 16.6. The van der Waals surface area contributed by atoms with Crippen LogP contribution in [0.1, 0.15) is 10.5 Å². The van der Waals surface area contributed by atoms with Gasteiger partial charge in [0.1, 0.15) is 11.4 Å². The molecule has 1 aromatic heterocycles. The number of carbonyl (C=O) groups excluding carboxylic acids is 1. The molecule has 0 spiro atoms. The van der Waals surface area contributed by atoms with Gasteiger partial charge in [-0.05, 0) is 18.2 Å². The van der Waals surface area contributed by atoms with Crippen molar-refractivity contribution in [3.63, 3.8) is 0 Å². The molecular weight excluding hydrogens is 284 g/mol. The van der Waals surface area contributed by atoms with E-state index in [-0.39, 0.29) is 17.1 Å². The Labute approximate surface area is 124 Å². The molecule has 0 atom stereocenters. The van der Waals surface area contributed by atoms with Crippen molar-refractivity contribution < 1.29 is 9.72 Å². The molecule has 3 rings (SSSR count). The molecule has 0 fully saturated rings. The molecule has 0 aliphatic rings. The van der Waals surface area contributed by atoms with Crippen LogP contribution >= 0.6 is 0 Å². The number of hydrogen-bond donors (Lipinski definition) is 1. The van der Waals surface area contributed by atoms with Crippen LogP contribution in [-0.2, 0) is 0 Å². The molecule has 1 heterocycles. The molecule has 0 radical (unpaired) electrons. The summed E-state index contributed by atoms with van der Waals surface area (Å²) in [6.45, 7) is 0. The topological polar surface area (TPSA) is 98.0 Å². The summed E-state index contributed by atoms with van der Waals surface area (Å²) in [5, 5.41) is 13.4. The van der Waals surface area contributed by atoms with Crippen LogP contribution in [0.2, 0.25) is 0 Å². The van der Waals surface area contributed by atoms with Crippen LogP contribution in [0.15, 0.2) is 54.7 Å². The second-order valence-corrected chi connectivity index (χ2v) is 4.47. The third-order valence-electron chi connectivity index (χ3n) is 3.03. The predicted molar refractivity (Wildman–Crippen MR) is 80.6 cm³/mol. The maximum atomic E-state index is 12.2. The van der Waals surface area contributed by atoms with Crippen molar-refractivity contribution in [3.8, 4) is 0 Å². The molecule has 7 nitrogen and oxygen atoms in total. The fourth-order valence-electron chi connectivity index (χ4n) is 1.99. The van der Waals surface area contributed by atoms with Crippen LogP contribution in [0.4, 0.5) is 11.4 Å². The summed E-state index contributed by atoms with van der Waals surface area (Å²) in [7, 11) is 0. The van der Waals surface area contributed by atoms with E-state index in [2.05, 4.69) is 15.3 Å². The zero-order valence-electron chi connectivity index (χ0n) is 11.3. The molecule has 0 aliphatic heterocycles. The first-order valence-electron chi connectivity index (χ1n) is 6.42. The monoisotopic (exact) mass is 294 g/mol. The van der Waals surface area contributed by atoms with Gasteiger partial charge in [-0.25, -0.2) is 4.98 Å². The molecular formula is C15H10N4O3. The maximum Gasteiger partial charge on any atom is 0.292 e. The van der Waals surface area contributed by atoms with Crippen molar-refractivity contribution in [2.24, 2.45) is 0 Å². The molecule has 3 aromatic rings. The fourth-order valence-corrected chi connectivity index (χ4v) is 1.99. The first-order chi connectivity index (χ1) is 10.6. The number of nitro groups is 1. The Morgan fingerprint density at radius 2 is 1.73 bits per heavy atom. The largest absolute Gasteiger partial charge is 0.315 e. The van der Waals surface area contributed by atoms with Crippen molar-refractivity contribution in [2.75, 3.05) is 5.32 Å². The first-order valence-corrected chi connectivity index (χ1v) is 6.42. The summed E-state index contributed by atoms with van der Waals surface area (Å²) in [6, 6.07) is 13.1. The van der Waals surface area contributed by atoms with Crippen LogP contribution in [0.25, 0.3) is 11.0 Å². The lowest BCUT2D eigenvalue weighted by molar-refractivity contribution is -0.383. The van der Waals surface area contributed by atoms with Crippen molar-refractivity contribution in [1.82, 2.24) is 9.97 Å². The Morgan fingerprint density at radius 1 is 1.05 bits per heavy atom. The lowest BCUT2D eigenvalue weighted by Crippen LogP contribution is -2.15. The Morgan fingerprint density at radius 3 is 2.50 bits per heavy atom. The van der Waals surface area contributed by atoms with Crippen molar-refractivity contribution in [3.05, 3.63) is 70.5 Å². The molecule has 0 saturated carbocycles. The summed E-state index contributed by atoms with van der Waals surface area (Å²) >= 11 is 0. The average Bonchev–Trinajstić information content (AvgIpc) is 2.54. The average molecular weight is 294 g/mol. The number of rotatable bonds is 3. The molecule has 22 heavy (non-hydrogen) atoms. The highest BCUT2D eigenvalue weighted by Gasteiger charge is 2.16. The van der Waals surface area contributed by atoms with Crippen LogP contribution in [0.5, 0.6) is 0 Å². The number of benzene rings is 2. The Hall–Kier alpha value is -3.35. The van der Waals surface area contributed by atoms with E-state index < -0.39 is 10.8 Å². The van der Waals surface area contributed by atoms with Crippen LogP contribution in [0, 0.1) is 10.1 Å². The van der Waals surface area contributed by atoms with Crippen LogP contribution in [-0.4, -0.2) is 20.8 Å². The molecule has 7 heteroatoms. The van der Waals surface area contributed by atoms with Gasteiger partial charge < -0.3 is 5.32 Å². The van der Waals surface area contributed by atoms with Crippen LogP contribution in [0.3, 0.4) is 0 Å². The molecule has 108 valence electrons. The summed E-state index contributed by atoms with van der Waals surface area (Å²) in [4.78, 5) is 30.9. The highest BCUT2D eigenvalue weighted by molar-refractivity contribution is 6.04. The van der Waals surface area contributed by atoms with Gasteiger partial charge in [-0.15, -0.1) is 0 Å². The normalized spacial score (nSPS) is 10.4. The predicted octanol–water partition coefficient (Wildman–Crippen LogP) is 2.79. The van der Waals surface area contributed by atoms with Crippen molar-refractivity contribution in [2.45, 2.75) is 0 Å². The Kier molecular flexibility index (Phi) is 3.45. The second-order valence-electron chi connectivity index (χ2n) is 4.47. The third-order valence-corrected chi connectivity index (χ3v) is 3.03. The van der Waals surface area contributed by atoms with E-state index in [0.717, 1.165) is 0 Å². The van der Waals surface area contributed by atoms with Gasteiger partial charge in [-0.2, -0.15) is 0 Å². The van der Waals surface area contributed by atoms with Gasteiger partial charge in [-0.1, -0.05) is 24.3 Å². The van der Waals surface area contributed by atoms with Gasteiger partial charge in [0, 0.05) is 6.07 Å². The lowest BCUT2D eigenvalue weighted by atomic mass is 10.2. The van der Waals surface area contributed by atoms with E-state index in [1.54, 1.807) is 24.3 Å². The number of anilines is 1. The number of nitrogens with zero attached hydrogens (tertiary/aromatic N) is 3. The van der Waals surface area contributed by atoms with E-state index in [4.69, 9.17) is 0 Å². The SMILES string of the molecule is O=C(Nc1ccccc1[N+](=O)[O-])c1cnc2ccccc2n1. The first kappa shape index (κ1) is 13.6. The number of nitro benzene ring substituents is 1. The van der Waals surface area contributed by atoms with Crippen molar-refractivity contribution in [1.29, 1.82) is 0 Å². The number of carbonyl (C=O) groups is 1. The summed E-state index contributed by atoms with van der Waals surface area (Å²) in [5.41, 5.74) is 1.29. The quantitative estimate of drug-likeness (QED) is 0.591. The smallest absolute Gasteiger partial charge is 0.292 e. The Balaban J connectivity index is 1.92. The molecule has 1 N–H and O–H groups in total. The second kappa shape index (κ2) is 5.57. The number of nitrogens with one attached hydrogen (secondary N) is 1. The number of aromatic nitrogens is 2. The third kappa shape index (κ3) is 2.59.